The van der Waals surface area contributed by atoms with E-state index in [9.17, 15) is 13.2 Å². The normalized spacial score (nSPS) is 20.3. The quantitative estimate of drug-likeness (QED) is 0.788. The highest BCUT2D eigenvalue weighted by Crippen LogP contribution is 2.26. The molecule has 9 heteroatoms. The zero-order valence-electron chi connectivity index (χ0n) is 13.9. The van der Waals surface area contributed by atoms with Crippen molar-refractivity contribution in [3.8, 4) is 11.5 Å². The number of carbonyl (C=O) groups is 1. The number of nitrogens with zero attached hydrogens (tertiary/aromatic N) is 2. The lowest BCUT2D eigenvalue weighted by Gasteiger charge is -2.14. The van der Waals surface area contributed by atoms with Crippen molar-refractivity contribution < 1.29 is 17.6 Å². The van der Waals surface area contributed by atoms with Crippen LogP contribution in [0.2, 0.25) is 0 Å². The first kappa shape index (κ1) is 17.9. The number of hydrogen-bond donors (Lipinski definition) is 1. The molecule has 2 atom stereocenters. The van der Waals surface area contributed by atoms with Crippen LogP contribution in [-0.2, 0) is 14.6 Å². The van der Waals surface area contributed by atoms with Gasteiger partial charge < -0.3 is 9.73 Å². The van der Waals surface area contributed by atoms with Crippen molar-refractivity contribution in [2.75, 3.05) is 11.5 Å². The average molecular weight is 381 g/mol. The molecule has 1 N–H and O–H groups in total. The number of hydrogen-bond acceptors (Lipinski definition) is 7. The smallest absolute Gasteiger partial charge is 0.277 e. The zero-order valence-corrected chi connectivity index (χ0v) is 15.6. The van der Waals surface area contributed by atoms with Gasteiger partial charge in [-0.2, -0.15) is 0 Å². The molecule has 0 unspecified atom stereocenters. The number of sulfone groups is 1. The molecule has 1 aliphatic rings. The molecule has 0 aliphatic carbocycles. The summed E-state index contributed by atoms with van der Waals surface area (Å²) in [5.41, 5.74) is 1.95. The monoisotopic (exact) mass is 381 g/mol. The summed E-state index contributed by atoms with van der Waals surface area (Å²) in [5.74, 6) is 0.302. The van der Waals surface area contributed by atoms with E-state index >= 15 is 0 Å². The summed E-state index contributed by atoms with van der Waals surface area (Å²) in [6.07, 6.45) is 0.462. The highest BCUT2D eigenvalue weighted by Gasteiger charge is 2.30. The highest BCUT2D eigenvalue weighted by molar-refractivity contribution is 8.00. The minimum absolute atomic E-state index is 0.00819. The number of carbonyl (C=O) groups excluding carboxylic acids is 1. The van der Waals surface area contributed by atoms with Gasteiger partial charge in [0.05, 0.1) is 16.8 Å². The van der Waals surface area contributed by atoms with Gasteiger partial charge in [-0.1, -0.05) is 29.5 Å². The lowest BCUT2D eigenvalue weighted by molar-refractivity contribution is -0.120. The Kier molecular flexibility index (Phi) is 5.14. The number of nitrogens with one attached hydrogen (secondary N) is 1. The van der Waals surface area contributed by atoms with Gasteiger partial charge >= 0.3 is 0 Å². The average Bonchev–Trinajstić information content (AvgIpc) is 3.14. The maximum absolute atomic E-state index is 12.2. The van der Waals surface area contributed by atoms with Crippen LogP contribution in [0.3, 0.4) is 0 Å². The molecular weight excluding hydrogens is 362 g/mol. The van der Waals surface area contributed by atoms with Gasteiger partial charge in [-0.25, -0.2) is 8.42 Å². The van der Waals surface area contributed by atoms with Crippen molar-refractivity contribution in [3.63, 3.8) is 0 Å². The largest absolute Gasteiger partial charge is 0.411 e. The topological polar surface area (TPSA) is 102 Å². The molecule has 0 bridgehead atoms. The van der Waals surface area contributed by atoms with Crippen LogP contribution < -0.4 is 5.32 Å². The molecule has 25 heavy (non-hydrogen) atoms. The van der Waals surface area contributed by atoms with Crippen molar-refractivity contribution in [1.82, 2.24) is 15.5 Å². The Balaban J connectivity index is 1.58. The Bertz CT molecular complexity index is 862. The molecule has 1 fully saturated rings. The number of thioether (sulfide) groups is 1. The number of aromatic nitrogens is 2. The first-order valence-electron chi connectivity index (χ1n) is 7.90. The minimum atomic E-state index is -3.02. The Labute approximate surface area is 150 Å². The van der Waals surface area contributed by atoms with E-state index in [-0.39, 0.29) is 23.5 Å². The summed E-state index contributed by atoms with van der Waals surface area (Å²) in [6.45, 7) is 3.72. The summed E-state index contributed by atoms with van der Waals surface area (Å²) in [5, 5.41) is 10.6. The Morgan fingerprint density at radius 2 is 2.04 bits per heavy atom. The Morgan fingerprint density at radius 1 is 1.32 bits per heavy atom. The van der Waals surface area contributed by atoms with E-state index in [4.69, 9.17) is 4.42 Å². The fraction of sp³-hybridized carbons (Fsp3) is 0.438. The van der Waals surface area contributed by atoms with Gasteiger partial charge in [0, 0.05) is 11.6 Å². The van der Waals surface area contributed by atoms with E-state index in [1.165, 1.54) is 0 Å². The van der Waals surface area contributed by atoms with Crippen LogP contribution in [0.25, 0.3) is 11.5 Å². The van der Waals surface area contributed by atoms with E-state index in [0.29, 0.717) is 17.5 Å². The van der Waals surface area contributed by atoms with Gasteiger partial charge in [0.2, 0.25) is 11.8 Å². The standard InChI is InChI=1S/C16H19N3O4S2/c1-10-3-5-12(6-4-10)15-18-19-16(23-15)24-11(2)14(20)17-13-7-8-25(21,22)9-13/h3-6,11,13H,7-9H2,1-2H3,(H,17,20)/t11-,13-/m0/s1. The van der Waals surface area contributed by atoms with Crippen LogP contribution in [0.1, 0.15) is 18.9 Å². The second-order valence-corrected chi connectivity index (χ2v) is 9.63. The molecule has 1 aromatic carbocycles. The maximum Gasteiger partial charge on any atom is 0.277 e. The second-order valence-electron chi connectivity index (χ2n) is 6.11. The third-order valence-electron chi connectivity index (χ3n) is 3.93. The predicted molar refractivity (Wildman–Crippen MR) is 95.0 cm³/mol. The summed E-state index contributed by atoms with van der Waals surface area (Å²) >= 11 is 1.15. The Morgan fingerprint density at radius 3 is 2.68 bits per heavy atom. The van der Waals surface area contributed by atoms with Gasteiger partial charge in [-0.15, -0.1) is 10.2 Å². The van der Waals surface area contributed by atoms with Gasteiger partial charge in [-0.3, -0.25) is 4.79 Å². The summed E-state index contributed by atoms with van der Waals surface area (Å²) < 4.78 is 28.5. The number of rotatable bonds is 5. The van der Waals surface area contributed by atoms with Crippen LogP contribution in [-0.4, -0.2) is 47.3 Å². The van der Waals surface area contributed by atoms with E-state index in [1.54, 1.807) is 6.92 Å². The van der Waals surface area contributed by atoms with Gasteiger partial charge in [0.1, 0.15) is 0 Å². The molecule has 1 aromatic heterocycles. The molecule has 0 saturated carbocycles. The Hall–Kier alpha value is -1.87. The fourth-order valence-corrected chi connectivity index (χ4v) is 4.87. The molecule has 134 valence electrons. The highest BCUT2D eigenvalue weighted by atomic mass is 32.2. The molecule has 1 aliphatic heterocycles. The molecule has 0 radical (unpaired) electrons. The van der Waals surface area contributed by atoms with Crippen molar-refractivity contribution in [2.24, 2.45) is 0 Å². The van der Waals surface area contributed by atoms with Crippen LogP contribution in [0.15, 0.2) is 33.9 Å². The van der Waals surface area contributed by atoms with E-state index in [0.717, 1.165) is 22.9 Å². The summed E-state index contributed by atoms with van der Waals surface area (Å²) in [6, 6.07) is 7.39. The maximum atomic E-state index is 12.2. The third-order valence-corrected chi connectivity index (χ3v) is 6.63. The first-order valence-corrected chi connectivity index (χ1v) is 10.6. The number of amides is 1. The first-order chi connectivity index (χ1) is 11.8. The SMILES string of the molecule is Cc1ccc(-c2nnc(S[C@@H](C)C(=O)N[C@H]3CCS(=O)(=O)C3)o2)cc1. The number of benzene rings is 1. The molecule has 1 saturated heterocycles. The van der Waals surface area contributed by atoms with Crippen LogP contribution in [0.5, 0.6) is 0 Å². The van der Waals surface area contributed by atoms with Crippen LogP contribution >= 0.6 is 11.8 Å². The van der Waals surface area contributed by atoms with Crippen molar-refractivity contribution in [2.45, 2.75) is 36.8 Å². The van der Waals surface area contributed by atoms with E-state index < -0.39 is 15.1 Å². The molecule has 2 aromatic rings. The van der Waals surface area contributed by atoms with Gasteiger partial charge in [0.25, 0.3) is 5.22 Å². The summed E-state index contributed by atoms with van der Waals surface area (Å²) in [7, 11) is -3.02. The van der Waals surface area contributed by atoms with Crippen molar-refractivity contribution in [1.29, 1.82) is 0 Å². The minimum Gasteiger partial charge on any atom is -0.411 e. The lowest BCUT2D eigenvalue weighted by atomic mass is 10.1. The molecule has 0 spiro atoms. The lowest BCUT2D eigenvalue weighted by Crippen LogP contribution is -2.39. The summed E-state index contributed by atoms with van der Waals surface area (Å²) in [4.78, 5) is 12.2. The molecule has 3 rings (SSSR count). The molecular formula is C16H19N3O4S2. The molecule has 7 nitrogen and oxygen atoms in total. The van der Waals surface area contributed by atoms with E-state index in [2.05, 4.69) is 15.5 Å². The van der Waals surface area contributed by atoms with E-state index in [1.807, 2.05) is 31.2 Å². The van der Waals surface area contributed by atoms with Crippen molar-refractivity contribution in [3.05, 3.63) is 29.8 Å². The number of aryl methyl sites for hydroxylation is 1. The zero-order chi connectivity index (χ0) is 18.0. The molecule has 2 heterocycles. The van der Waals surface area contributed by atoms with Crippen molar-refractivity contribution >= 4 is 27.5 Å². The van der Waals surface area contributed by atoms with Gasteiger partial charge in [-0.05, 0) is 32.4 Å². The van der Waals surface area contributed by atoms with Crippen LogP contribution in [0, 0.1) is 6.92 Å². The predicted octanol–water partition coefficient (Wildman–Crippen LogP) is 1.83. The molecule has 1 amide bonds. The van der Waals surface area contributed by atoms with Gasteiger partial charge in [0.15, 0.2) is 9.84 Å². The second kappa shape index (κ2) is 7.17. The third kappa shape index (κ3) is 4.60. The fourth-order valence-electron chi connectivity index (χ4n) is 2.50. The van der Waals surface area contributed by atoms with Crippen LogP contribution in [0.4, 0.5) is 0 Å².